The van der Waals surface area contributed by atoms with Crippen LogP contribution in [0.3, 0.4) is 0 Å². The molecular weight excluding hydrogens is 316 g/mol. The van der Waals surface area contributed by atoms with Crippen LogP contribution in [0.5, 0.6) is 0 Å². The molecule has 0 atom stereocenters. The van der Waals surface area contributed by atoms with Crippen molar-refractivity contribution < 1.29 is 8.42 Å². The Labute approximate surface area is 134 Å². The van der Waals surface area contributed by atoms with Crippen molar-refractivity contribution in [3.63, 3.8) is 0 Å². The highest BCUT2D eigenvalue weighted by Gasteiger charge is 2.55. The Bertz CT molecular complexity index is 871. The van der Waals surface area contributed by atoms with E-state index in [0.29, 0.717) is 17.7 Å². The molecular formula is C16H16N2O2S2. The topological polar surface area (TPSA) is 61.2 Å². The largest absolute Gasteiger partial charge is 0.246 e. The molecule has 4 nitrogen and oxygen atoms in total. The molecule has 2 aliphatic carbocycles. The van der Waals surface area contributed by atoms with E-state index in [4.69, 9.17) is 0 Å². The van der Waals surface area contributed by atoms with Gasteiger partial charge in [0.15, 0.2) is 0 Å². The lowest BCUT2D eigenvalue weighted by Gasteiger charge is -2.44. The van der Waals surface area contributed by atoms with Crippen molar-refractivity contribution in [1.82, 2.24) is 4.31 Å². The fourth-order valence-corrected chi connectivity index (χ4v) is 6.71. The average molecular weight is 332 g/mol. The number of nitriles is 1. The summed E-state index contributed by atoms with van der Waals surface area (Å²) < 4.78 is 29.0. The molecule has 1 heterocycles. The Morgan fingerprint density at radius 1 is 1.27 bits per heavy atom. The number of hydrogen-bond donors (Lipinski definition) is 0. The molecule has 0 aliphatic heterocycles. The average Bonchev–Trinajstić information content (AvgIpc) is 3.18. The molecule has 0 N–H and O–H groups in total. The van der Waals surface area contributed by atoms with Gasteiger partial charge in [-0.25, -0.2) is 8.42 Å². The predicted molar refractivity (Wildman–Crippen MR) is 86.1 cm³/mol. The maximum atomic E-state index is 13.3. The zero-order chi connectivity index (χ0) is 15.4. The first-order valence-corrected chi connectivity index (χ1v) is 9.82. The monoisotopic (exact) mass is 332 g/mol. The molecule has 1 aromatic carbocycles. The highest BCUT2D eigenvalue weighted by atomic mass is 32.2. The summed E-state index contributed by atoms with van der Waals surface area (Å²) in [5.74, 6) is 0. The van der Waals surface area contributed by atoms with Gasteiger partial charge in [-0.1, -0.05) is 18.2 Å². The summed E-state index contributed by atoms with van der Waals surface area (Å²) in [5.41, 5.74) is -0.816. The van der Waals surface area contributed by atoms with Crippen molar-refractivity contribution in [3.8, 4) is 6.07 Å². The molecule has 2 fully saturated rings. The Morgan fingerprint density at radius 3 is 2.59 bits per heavy atom. The second kappa shape index (κ2) is 4.79. The third-order valence-corrected chi connectivity index (χ3v) is 7.84. The van der Waals surface area contributed by atoms with Crippen molar-refractivity contribution in [2.75, 3.05) is 0 Å². The maximum absolute atomic E-state index is 13.3. The molecule has 0 amide bonds. The van der Waals surface area contributed by atoms with Gasteiger partial charge in [-0.15, -0.1) is 11.3 Å². The summed E-state index contributed by atoms with van der Waals surface area (Å²) in [7, 11) is -3.63. The predicted octanol–water partition coefficient (Wildman–Crippen LogP) is 3.50. The second-order valence-corrected chi connectivity index (χ2v) is 8.82. The van der Waals surface area contributed by atoms with Gasteiger partial charge in [0.25, 0.3) is 0 Å². The van der Waals surface area contributed by atoms with E-state index in [1.165, 1.54) is 15.6 Å². The van der Waals surface area contributed by atoms with Crippen LogP contribution in [0, 0.1) is 11.3 Å². The zero-order valence-corrected chi connectivity index (χ0v) is 13.7. The van der Waals surface area contributed by atoms with Gasteiger partial charge >= 0.3 is 0 Å². The molecule has 2 saturated carbocycles. The second-order valence-electron chi connectivity index (χ2n) is 6.13. The molecule has 0 saturated heterocycles. The molecule has 0 bridgehead atoms. The Kier molecular flexibility index (Phi) is 3.09. The Hall–Kier alpha value is -1.42. The van der Waals surface area contributed by atoms with Crippen molar-refractivity contribution in [2.45, 2.75) is 48.6 Å². The molecule has 2 aromatic rings. The lowest BCUT2D eigenvalue weighted by Crippen LogP contribution is -2.56. The summed E-state index contributed by atoms with van der Waals surface area (Å²) in [6.07, 6.45) is 3.97. The standard InChI is InChI=1S/C16H16N2O2S2/c17-11-16(8-3-9-16)18(12-6-7-12)22(19,20)15-10-21-14-5-2-1-4-13(14)15/h1-2,4-5,10,12H,3,6-9H2. The van der Waals surface area contributed by atoms with E-state index >= 15 is 0 Å². The molecule has 0 unspecified atom stereocenters. The fraction of sp³-hybridized carbons (Fsp3) is 0.438. The summed E-state index contributed by atoms with van der Waals surface area (Å²) in [6, 6.07) is 9.86. The van der Waals surface area contributed by atoms with Crippen LogP contribution in [0.4, 0.5) is 0 Å². The Morgan fingerprint density at radius 2 is 2.00 bits per heavy atom. The molecule has 114 valence electrons. The SMILES string of the molecule is N#CC1(N(C2CC2)S(=O)(=O)c2csc3ccccc23)CCC1. The molecule has 4 rings (SSSR count). The van der Waals surface area contributed by atoms with Crippen LogP contribution in [0.2, 0.25) is 0 Å². The van der Waals surface area contributed by atoms with E-state index in [1.807, 2.05) is 24.3 Å². The minimum absolute atomic E-state index is 0.00334. The zero-order valence-electron chi connectivity index (χ0n) is 12.0. The van der Waals surface area contributed by atoms with E-state index in [1.54, 1.807) is 5.38 Å². The van der Waals surface area contributed by atoms with Crippen LogP contribution >= 0.6 is 11.3 Å². The summed E-state index contributed by atoms with van der Waals surface area (Å²) in [4.78, 5) is 0.363. The summed E-state index contributed by atoms with van der Waals surface area (Å²) >= 11 is 1.45. The van der Waals surface area contributed by atoms with E-state index in [9.17, 15) is 13.7 Å². The van der Waals surface area contributed by atoms with E-state index < -0.39 is 15.6 Å². The van der Waals surface area contributed by atoms with Crippen molar-refractivity contribution in [3.05, 3.63) is 29.6 Å². The van der Waals surface area contributed by atoms with Gasteiger partial charge in [0, 0.05) is 21.5 Å². The minimum atomic E-state index is -3.63. The van der Waals surface area contributed by atoms with E-state index in [2.05, 4.69) is 6.07 Å². The van der Waals surface area contributed by atoms with Crippen LogP contribution < -0.4 is 0 Å². The molecule has 2 aliphatic rings. The molecule has 0 spiro atoms. The van der Waals surface area contributed by atoms with Crippen LogP contribution in [0.25, 0.3) is 10.1 Å². The summed E-state index contributed by atoms with van der Waals surface area (Å²) in [6.45, 7) is 0. The molecule has 22 heavy (non-hydrogen) atoms. The first-order chi connectivity index (χ1) is 10.6. The van der Waals surface area contributed by atoms with Crippen LogP contribution in [-0.4, -0.2) is 24.3 Å². The number of rotatable bonds is 4. The van der Waals surface area contributed by atoms with Gasteiger partial charge in [0.05, 0.1) is 6.07 Å². The van der Waals surface area contributed by atoms with E-state index in [-0.39, 0.29) is 6.04 Å². The highest BCUT2D eigenvalue weighted by Crippen LogP contribution is 2.47. The van der Waals surface area contributed by atoms with Gasteiger partial charge < -0.3 is 0 Å². The van der Waals surface area contributed by atoms with Gasteiger partial charge in [-0.2, -0.15) is 9.57 Å². The third kappa shape index (κ3) is 1.93. The number of fused-ring (bicyclic) bond motifs is 1. The quantitative estimate of drug-likeness (QED) is 0.861. The van der Waals surface area contributed by atoms with Gasteiger partial charge in [0.1, 0.15) is 10.4 Å². The number of thiophene rings is 1. The lowest BCUT2D eigenvalue weighted by molar-refractivity contribution is 0.140. The summed E-state index contributed by atoms with van der Waals surface area (Å²) in [5, 5.41) is 12.1. The number of hydrogen-bond acceptors (Lipinski definition) is 4. The van der Waals surface area contributed by atoms with Crippen molar-refractivity contribution >= 4 is 31.4 Å². The smallest absolute Gasteiger partial charge is 0.207 e. The fourth-order valence-electron chi connectivity index (χ4n) is 3.24. The molecule has 6 heteroatoms. The maximum Gasteiger partial charge on any atom is 0.246 e. The van der Waals surface area contributed by atoms with Crippen molar-refractivity contribution in [2.24, 2.45) is 0 Å². The van der Waals surface area contributed by atoms with Gasteiger partial charge in [-0.05, 0) is 38.2 Å². The van der Waals surface area contributed by atoms with E-state index in [0.717, 1.165) is 29.3 Å². The minimum Gasteiger partial charge on any atom is -0.207 e. The highest BCUT2D eigenvalue weighted by molar-refractivity contribution is 7.89. The van der Waals surface area contributed by atoms with Gasteiger partial charge in [0.2, 0.25) is 10.0 Å². The number of nitrogens with zero attached hydrogens (tertiary/aromatic N) is 2. The Balaban J connectivity index is 1.87. The first-order valence-electron chi connectivity index (χ1n) is 7.50. The number of benzene rings is 1. The number of sulfonamides is 1. The van der Waals surface area contributed by atoms with Crippen LogP contribution in [-0.2, 0) is 10.0 Å². The normalized spacial score (nSPS) is 20.7. The lowest BCUT2D eigenvalue weighted by atomic mass is 9.78. The van der Waals surface area contributed by atoms with Crippen LogP contribution in [0.1, 0.15) is 32.1 Å². The molecule has 0 radical (unpaired) electrons. The van der Waals surface area contributed by atoms with Crippen LogP contribution in [0.15, 0.2) is 34.5 Å². The van der Waals surface area contributed by atoms with Crippen molar-refractivity contribution in [1.29, 1.82) is 5.26 Å². The third-order valence-electron chi connectivity index (χ3n) is 4.67. The first kappa shape index (κ1) is 14.2. The molecule has 1 aromatic heterocycles. The van der Waals surface area contributed by atoms with Gasteiger partial charge in [-0.3, -0.25) is 0 Å².